The number of nitrogens with one attached hydrogen (secondary N) is 2. The molecule has 5 rings (SSSR count). The van der Waals surface area contributed by atoms with E-state index in [1.807, 2.05) is 4.90 Å². The van der Waals surface area contributed by atoms with Gasteiger partial charge < -0.3 is 0 Å². The summed E-state index contributed by atoms with van der Waals surface area (Å²) in [6.45, 7) is 6.83. The van der Waals surface area contributed by atoms with Gasteiger partial charge in [-0.05, 0) is 0 Å². The van der Waals surface area contributed by atoms with Crippen LogP contribution in [0.2, 0.25) is 0 Å². The molecule has 1 aromatic carbocycles. The SMILES string of the molecule is CC(C)(C)CCN1C(=O)C(C2=N[PH](O)(O)c3cc(NS(C)(=O)=O)ccc3N2)=C(O)C12CC1CCC2C1. The van der Waals surface area contributed by atoms with E-state index in [2.05, 4.69) is 35.6 Å². The van der Waals surface area contributed by atoms with Crippen LogP contribution in [0.15, 0.2) is 34.3 Å². The molecule has 0 radical (unpaired) electrons. The van der Waals surface area contributed by atoms with Gasteiger partial charge in [0.15, 0.2) is 0 Å². The summed E-state index contributed by atoms with van der Waals surface area (Å²) in [7, 11) is -8.03. The van der Waals surface area contributed by atoms with E-state index in [9.17, 15) is 28.1 Å². The van der Waals surface area contributed by atoms with Gasteiger partial charge in [-0.25, -0.2) is 0 Å². The first-order chi connectivity index (χ1) is 16.6. The summed E-state index contributed by atoms with van der Waals surface area (Å²) in [5, 5.41) is 14.7. The maximum absolute atomic E-state index is 13.9. The minimum atomic E-state index is -4.47. The Balaban J connectivity index is 1.54. The number of benzene rings is 1. The summed E-state index contributed by atoms with van der Waals surface area (Å²) in [4.78, 5) is 37.6. The van der Waals surface area contributed by atoms with Crippen LogP contribution < -0.4 is 15.3 Å². The van der Waals surface area contributed by atoms with Crippen molar-refractivity contribution < 1.29 is 28.1 Å². The first-order valence-corrected chi connectivity index (χ1v) is 16.0. The molecule has 0 aromatic heterocycles. The third-order valence-electron chi connectivity index (χ3n) is 7.93. The van der Waals surface area contributed by atoms with Crippen molar-refractivity contribution in [1.29, 1.82) is 0 Å². The van der Waals surface area contributed by atoms with Crippen LogP contribution in [-0.4, -0.2) is 58.3 Å². The van der Waals surface area contributed by atoms with E-state index in [0.717, 1.165) is 31.9 Å². The molecule has 3 atom stereocenters. The van der Waals surface area contributed by atoms with E-state index in [1.165, 1.54) is 18.2 Å². The molecule has 2 heterocycles. The molecule has 1 amide bonds. The quantitative estimate of drug-likeness (QED) is 0.362. The van der Waals surface area contributed by atoms with E-state index in [0.29, 0.717) is 24.6 Å². The van der Waals surface area contributed by atoms with Crippen LogP contribution >= 0.6 is 7.87 Å². The number of anilines is 2. The fourth-order valence-corrected chi connectivity index (χ4v) is 8.35. The van der Waals surface area contributed by atoms with Crippen molar-refractivity contribution in [3.05, 3.63) is 29.5 Å². The Bertz CT molecular complexity index is 1300. The number of carbonyl (C=O) groups excluding carboxylic acids is 1. The number of aliphatic hydroxyl groups excluding tert-OH is 1. The third kappa shape index (κ3) is 4.20. The van der Waals surface area contributed by atoms with Crippen molar-refractivity contribution >= 4 is 46.3 Å². The molecule has 36 heavy (non-hydrogen) atoms. The van der Waals surface area contributed by atoms with Crippen LogP contribution in [0.25, 0.3) is 0 Å². The fraction of sp³-hybridized carbons (Fsp3) is 0.583. The number of amides is 1. The van der Waals surface area contributed by atoms with E-state index in [-0.39, 0.29) is 45.4 Å². The number of nitrogens with zero attached hydrogens (tertiary/aromatic N) is 2. The second-order valence-corrected chi connectivity index (χ2v) is 15.6. The number of fused-ring (bicyclic) bond motifs is 4. The van der Waals surface area contributed by atoms with Crippen LogP contribution in [0.4, 0.5) is 11.4 Å². The van der Waals surface area contributed by atoms with Gasteiger partial charge >= 0.3 is 212 Å². The van der Waals surface area contributed by atoms with Crippen molar-refractivity contribution in [2.24, 2.45) is 22.0 Å². The molecule has 0 saturated heterocycles. The van der Waals surface area contributed by atoms with Gasteiger partial charge in [-0.2, -0.15) is 0 Å². The van der Waals surface area contributed by atoms with Crippen LogP contribution in [0, 0.1) is 17.3 Å². The van der Waals surface area contributed by atoms with Crippen molar-refractivity contribution in [2.45, 2.75) is 58.4 Å². The zero-order valence-electron chi connectivity index (χ0n) is 21.0. The molecular formula is C24H35N4O6PS. The monoisotopic (exact) mass is 538 g/mol. The van der Waals surface area contributed by atoms with Gasteiger partial charge in [0.05, 0.1) is 0 Å². The Morgan fingerprint density at radius 3 is 2.58 bits per heavy atom. The van der Waals surface area contributed by atoms with Gasteiger partial charge in [0, 0.05) is 0 Å². The Morgan fingerprint density at radius 1 is 1.28 bits per heavy atom. The summed E-state index contributed by atoms with van der Waals surface area (Å²) < 4.78 is 29.7. The Labute approximate surface area is 212 Å². The number of aliphatic hydroxyl groups is 1. The van der Waals surface area contributed by atoms with Crippen LogP contribution in [0.1, 0.15) is 52.9 Å². The van der Waals surface area contributed by atoms with Crippen LogP contribution in [0.3, 0.4) is 0 Å². The zero-order valence-corrected chi connectivity index (χ0v) is 22.8. The van der Waals surface area contributed by atoms with Gasteiger partial charge in [0.1, 0.15) is 0 Å². The molecule has 1 spiro atoms. The number of rotatable bonds is 5. The molecule has 3 unspecified atom stereocenters. The summed E-state index contributed by atoms with van der Waals surface area (Å²) in [6.07, 6.45) is 5.47. The molecule has 4 aliphatic rings. The summed E-state index contributed by atoms with van der Waals surface area (Å²) in [5.41, 5.74) is -0.305. The molecule has 2 saturated carbocycles. The predicted octanol–water partition coefficient (Wildman–Crippen LogP) is 2.64. The molecule has 5 N–H and O–H groups in total. The maximum atomic E-state index is 13.9. The second-order valence-electron chi connectivity index (χ2n) is 11.9. The fourth-order valence-electron chi connectivity index (χ4n) is 6.34. The van der Waals surface area contributed by atoms with Crippen molar-refractivity contribution in [1.82, 2.24) is 4.90 Å². The molecular weight excluding hydrogens is 503 g/mol. The second kappa shape index (κ2) is 8.15. The van der Waals surface area contributed by atoms with Gasteiger partial charge in [0.2, 0.25) is 0 Å². The van der Waals surface area contributed by atoms with E-state index >= 15 is 0 Å². The van der Waals surface area contributed by atoms with Gasteiger partial charge in [-0.1, -0.05) is 0 Å². The summed E-state index contributed by atoms with van der Waals surface area (Å²) in [6, 6.07) is 4.32. The molecule has 2 fully saturated rings. The van der Waals surface area contributed by atoms with Crippen LogP contribution in [-0.2, 0) is 14.8 Å². The summed E-state index contributed by atoms with van der Waals surface area (Å²) >= 11 is 0. The third-order valence-corrected chi connectivity index (χ3v) is 10.2. The molecule has 198 valence electrons. The number of amidine groups is 1. The van der Waals surface area contributed by atoms with Gasteiger partial charge in [0.25, 0.3) is 0 Å². The van der Waals surface area contributed by atoms with Crippen molar-refractivity contribution in [2.75, 3.05) is 22.8 Å². The van der Waals surface area contributed by atoms with E-state index in [1.54, 1.807) is 0 Å². The topological polar surface area (TPSA) is 152 Å². The Morgan fingerprint density at radius 2 is 2.00 bits per heavy atom. The Kier molecular flexibility index (Phi) is 5.76. The zero-order chi connectivity index (χ0) is 26.3. The molecule has 10 nitrogen and oxygen atoms in total. The number of hydrogen-bond donors (Lipinski definition) is 5. The first kappa shape index (κ1) is 25.4. The number of carbonyl (C=O) groups is 1. The standard InChI is InChI=1S/C24H35N4O6PS/c1-23(2,3)9-10-28-22(30)19(20(29)24(28)13-14-5-6-15(24)11-14)21-25-17-8-7-16(27-36(4,33)34)12-18(17)35(31,32)26-21/h7-8,12,14-15,27,29,31-32,35H,5-6,9-11,13H2,1-4H3,(H,25,26). The van der Waals surface area contributed by atoms with Gasteiger partial charge in [-0.3, -0.25) is 0 Å². The molecule has 2 aliphatic heterocycles. The van der Waals surface area contributed by atoms with Crippen molar-refractivity contribution in [3.8, 4) is 0 Å². The molecule has 12 heteroatoms. The van der Waals surface area contributed by atoms with Crippen LogP contribution in [0.5, 0.6) is 0 Å². The van der Waals surface area contributed by atoms with E-state index < -0.39 is 23.4 Å². The Hall–Kier alpha value is -2.20. The average Bonchev–Trinajstić information content (AvgIpc) is 3.39. The predicted molar refractivity (Wildman–Crippen MR) is 142 cm³/mol. The van der Waals surface area contributed by atoms with E-state index in [4.69, 9.17) is 0 Å². The first-order valence-electron chi connectivity index (χ1n) is 12.3. The molecule has 2 bridgehead atoms. The average molecular weight is 539 g/mol. The molecule has 2 aliphatic carbocycles. The minimum absolute atomic E-state index is 0.000390. The normalized spacial score (nSPS) is 29.9. The number of sulfonamides is 1. The van der Waals surface area contributed by atoms with Gasteiger partial charge in [-0.15, -0.1) is 0 Å². The summed E-state index contributed by atoms with van der Waals surface area (Å²) in [5.74, 6) is 0.192. The molecule has 1 aromatic rings. The number of hydrogen-bond acceptors (Lipinski definition) is 8. The van der Waals surface area contributed by atoms with Crippen molar-refractivity contribution in [3.63, 3.8) is 0 Å².